The molecule has 0 radical (unpaired) electrons. The van der Waals surface area contributed by atoms with Crippen molar-refractivity contribution in [2.75, 3.05) is 26.1 Å². The Bertz CT molecular complexity index is 970. The number of fused-ring (bicyclic) bond motifs is 1. The molecular formula is C20H20BrNO6S. The first-order chi connectivity index (χ1) is 13.8. The molecule has 9 heteroatoms. The maximum atomic E-state index is 12.4. The number of rotatable bonds is 6. The van der Waals surface area contributed by atoms with Crippen molar-refractivity contribution in [2.45, 2.75) is 25.7 Å². The Kier molecular flexibility index (Phi) is 6.59. The minimum absolute atomic E-state index is 0.213. The standard InChI is InChI=1S/C20H20BrNO6S/c1-10-4-6-13(12(21)8-10)28-9-15(23)22-18-17(20(25)27-3)16-11(19(24)26-2)5-7-14(16)29-18/h4,6,8,11H,5,7,9H2,1-3H3,(H,22,23)/t11-/m0/s1. The fraction of sp³-hybridized carbons (Fsp3) is 0.350. The van der Waals surface area contributed by atoms with Crippen LogP contribution in [0.1, 0.15) is 38.7 Å². The van der Waals surface area contributed by atoms with E-state index in [1.165, 1.54) is 25.6 Å². The van der Waals surface area contributed by atoms with E-state index in [0.29, 0.717) is 29.2 Å². The summed E-state index contributed by atoms with van der Waals surface area (Å²) in [6, 6.07) is 5.54. The summed E-state index contributed by atoms with van der Waals surface area (Å²) in [6.45, 7) is 1.72. The van der Waals surface area contributed by atoms with Gasteiger partial charge >= 0.3 is 11.9 Å². The van der Waals surface area contributed by atoms with E-state index >= 15 is 0 Å². The first kappa shape index (κ1) is 21.3. The van der Waals surface area contributed by atoms with Gasteiger partial charge in [-0.25, -0.2) is 4.79 Å². The topological polar surface area (TPSA) is 90.9 Å². The number of aryl methyl sites for hydroxylation is 2. The fourth-order valence-electron chi connectivity index (χ4n) is 3.26. The minimum atomic E-state index is -0.601. The van der Waals surface area contributed by atoms with Crippen molar-refractivity contribution in [2.24, 2.45) is 0 Å². The summed E-state index contributed by atoms with van der Waals surface area (Å²) in [7, 11) is 2.58. The predicted molar refractivity (Wildman–Crippen MR) is 112 cm³/mol. The number of amides is 1. The number of hydrogen-bond acceptors (Lipinski definition) is 7. The van der Waals surface area contributed by atoms with E-state index in [4.69, 9.17) is 14.2 Å². The molecule has 154 valence electrons. The van der Waals surface area contributed by atoms with E-state index in [0.717, 1.165) is 14.9 Å². The van der Waals surface area contributed by atoms with Crippen LogP contribution in [0.25, 0.3) is 0 Å². The molecule has 1 amide bonds. The van der Waals surface area contributed by atoms with E-state index in [-0.39, 0.29) is 12.2 Å². The van der Waals surface area contributed by atoms with Gasteiger partial charge in [0.1, 0.15) is 10.8 Å². The van der Waals surface area contributed by atoms with Gasteiger partial charge in [-0.3, -0.25) is 9.59 Å². The van der Waals surface area contributed by atoms with Gasteiger partial charge in [0.25, 0.3) is 5.91 Å². The van der Waals surface area contributed by atoms with E-state index in [2.05, 4.69) is 21.2 Å². The molecule has 2 aromatic rings. The third-order valence-corrected chi connectivity index (χ3v) is 6.41. The molecule has 0 aliphatic heterocycles. The van der Waals surface area contributed by atoms with Gasteiger partial charge in [0.05, 0.1) is 30.2 Å². The molecule has 29 heavy (non-hydrogen) atoms. The van der Waals surface area contributed by atoms with Gasteiger partial charge in [-0.15, -0.1) is 11.3 Å². The zero-order valence-corrected chi connectivity index (χ0v) is 18.6. The number of methoxy groups -OCH3 is 2. The number of esters is 2. The van der Waals surface area contributed by atoms with Crippen LogP contribution in [0, 0.1) is 6.92 Å². The number of thiophene rings is 1. The molecule has 0 bridgehead atoms. The molecule has 0 spiro atoms. The number of nitrogens with one attached hydrogen (secondary N) is 1. The third kappa shape index (κ3) is 4.45. The highest BCUT2D eigenvalue weighted by Gasteiger charge is 2.38. The van der Waals surface area contributed by atoms with Crippen molar-refractivity contribution in [3.63, 3.8) is 0 Å². The highest BCUT2D eigenvalue weighted by atomic mass is 79.9. The van der Waals surface area contributed by atoms with Crippen molar-refractivity contribution < 1.29 is 28.6 Å². The summed E-state index contributed by atoms with van der Waals surface area (Å²) >= 11 is 4.67. The first-order valence-corrected chi connectivity index (χ1v) is 10.5. The Morgan fingerprint density at radius 1 is 1.24 bits per heavy atom. The highest BCUT2D eigenvalue weighted by Crippen LogP contribution is 2.45. The van der Waals surface area contributed by atoms with Crippen LogP contribution in [-0.2, 0) is 25.5 Å². The van der Waals surface area contributed by atoms with Crippen molar-refractivity contribution in [3.8, 4) is 5.75 Å². The number of benzene rings is 1. The zero-order valence-electron chi connectivity index (χ0n) is 16.2. The number of carbonyl (C=O) groups is 3. The number of hydrogen-bond donors (Lipinski definition) is 1. The van der Waals surface area contributed by atoms with Crippen molar-refractivity contribution in [1.82, 2.24) is 0 Å². The Balaban J connectivity index is 1.79. The molecule has 0 fully saturated rings. The smallest absolute Gasteiger partial charge is 0.341 e. The first-order valence-electron chi connectivity index (χ1n) is 8.86. The average Bonchev–Trinajstić information content (AvgIpc) is 3.24. The lowest BCUT2D eigenvalue weighted by Gasteiger charge is -2.12. The van der Waals surface area contributed by atoms with Crippen molar-refractivity contribution in [3.05, 3.63) is 44.2 Å². The Hall–Kier alpha value is -2.39. The lowest BCUT2D eigenvalue weighted by atomic mass is 9.99. The minimum Gasteiger partial charge on any atom is -0.483 e. The van der Waals surface area contributed by atoms with E-state index in [9.17, 15) is 14.4 Å². The lowest BCUT2D eigenvalue weighted by molar-refractivity contribution is -0.142. The fourth-order valence-corrected chi connectivity index (χ4v) is 5.15. The average molecular weight is 482 g/mol. The van der Waals surface area contributed by atoms with Gasteiger partial charge in [-0.05, 0) is 59.0 Å². The Labute approximate surface area is 180 Å². The van der Waals surface area contributed by atoms with Crippen LogP contribution in [0.15, 0.2) is 22.7 Å². The summed E-state index contributed by atoms with van der Waals surface area (Å²) in [5.74, 6) is -1.42. The van der Waals surface area contributed by atoms with E-state index in [1.54, 1.807) is 6.07 Å². The second-order valence-electron chi connectivity index (χ2n) is 6.52. The van der Waals surface area contributed by atoms with Crippen LogP contribution in [-0.4, -0.2) is 38.7 Å². The molecule has 0 saturated carbocycles. The van der Waals surface area contributed by atoms with Crippen LogP contribution in [0.2, 0.25) is 0 Å². The van der Waals surface area contributed by atoms with Crippen LogP contribution >= 0.6 is 27.3 Å². The molecule has 1 aliphatic carbocycles. The monoisotopic (exact) mass is 481 g/mol. The number of ether oxygens (including phenoxy) is 3. The highest BCUT2D eigenvalue weighted by molar-refractivity contribution is 9.10. The maximum absolute atomic E-state index is 12.4. The molecular weight excluding hydrogens is 462 g/mol. The van der Waals surface area contributed by atoms with Crippen LogP contribution in [0.4, 0.5) is 5.00 Å². The Morgan fingerprint density at radius 2 is 2.00 bits per heavy atom. The number of anilines is 1. The third-order valence-electron chi connectivity index (χ3n) is 4.60. The van der Waals surface area contributed by atoms with Gasteiger partial charge < -0.3 is 19.5 Å². The van der Waals surface area contributed by atoms with Gasteiger partial charge in [-0.2, -0.15) is 0 Å². The second-order valence-corrected chi connectivity index (χ2v) is 8.48. The molecule has 1 N–H and O–H groups in total. The van der Waals surface area contributed by atoms with Gasteiger partial charge in [0.15, 0.2) is 6.61 Å². The molecule has 1 atom stereocenters. The quantitative estimate of drug-likeness (QED) is 0.630. The summed E-state index contributed by atoms with van der Waals surface area (Å²) in [5.41, 5.74) is 1.86. The summed E-state index contributed by atoms with van der Waals surface area (Å²) in [4.78, 5) is 37.8. The maximum Gasteiger partial charge on any atom is 0.341 e. The van der Waals surface area contributed by atoms with Gasteiger partial charge in [0, 0.05) is 4.88 Å². The van der Waals surface area contributed by atoms with E-state index in [1.807, 2.05) is 19.1 Å². The largest absolute Gasteiger partial charge is 0.483 e. The summed E-state index contributed by atoms with van der Waals surface area (Å²) < 4.78 is 16.1. The van der Waals surface area contributed by atoms with Crippen LogP contribution in [0.3, 0.4) is 0 Å². The molecule has 0 saturated heterocycles. The zero-order chi connectivity index (χ0) is 21.1. The van der Waals surface area contributed by atoms with Crippen LogP contribution in [0.5, 0.6) is 5.75 Å². The SMILES string of the molecule is COC(=O)c1c(NC(=O)COc2ccc(C)cc2Br)sc2c1[C@@H](C(=O)OC)CC2. The molecule has 3 rings (SSSR count). The number of carbonyl (C=O) groups excluding carboxylic acids is 3. The lowest BCUT2D eigenvalue weighted by Crippen LogP contribution is -2.22. The normalized spacial score (nSPS) is 14.8. The van der Waals surface area contributed by atoms with Crippen molar-refractivity contribution >= 4 is 50.1 Å². The van der Waals surface area contributed by atoms with E-state index < -0.39 is 23.8 Å². The van der Waals surface area contributed by atoms with Crippen LogP contribution < -0.4 is 10.1 Å². The molecule has 1 heterocycles. The van der Waals surface area contributed by atoms with Crippen molar-refractivity contribution in [1.29, 1.82) is 0 Å². The van der Waals surface area contributed by atoms with Gasteiger partial charge in [-0.1, -0.05) is 6.07 Å². The number of halogens is 1. The Morgan fingerprint density at radius 3 is 2.66 bits per heavy atom. The summed E-state index contributed by atoms with van der Waals surface area (Å²) in [5, 5.41) is 3.07. The molecule has 1 aromatic heterocycles. The molecule has 7 nitrogen and oxygen atoms in total. The predicted octanol–water partition coefficient (Wildman–Crippen LogP) is 3.83. The molecule has 0 unspecified atom stereocenters. The molecule has 1 aromatic carbocycles. The molecule has 1 aliphatic rings. The second kappa shape index (κ2) is 8.96. The summed E-state index contributed by atoms with van der Waals surface area (Å²) in [6.07, 6.45) is 1.20. The van der Waals surface area contributed by atoms with Gasteiger partial charge in [0.2, 0.25) is 0 Å².